The first-order valence-corrected chi connectivity index (χ1v) is 12.2. The van der Waals surface area contributed by atoms with Crippen molar-refractivity contribution in [3.63, 3.8) is 0 Å². The second-order valence-electron chi connectivity index (χ2n) is 10.6. The predicted octanol–water partition coefficient (Wildman–Crippen LogP) is 3.54. The maximum Gasteiger partial charge on any atom is 0.221 e. The molecule has 7 atom stereocenters. The molecule has 2 unspecified atom stereocenters. The van der Waals surface area contributed by atoms with Crippen LogP contribution in [-0.2, 0) is 25.5 Å². The third-order valence-electron chi connectivity index (χ3n) is 8.86. The Morgan fingerprint density at radius 3 is 2.91 bits per heavy atom. The van der Waals surface area contributed by atoms with E-state index in [1.807, 2.05) is 18.5 Å². The van der Waals surface area contributed by atoms with Crippen LogP contribution in [-0.4, -0.2) is 36.0 Å². The molecule has 1 fully saturated rings. The third-order valence-corrected chi connectivity index (χ3v) is 8.86. The average molecular weight is 459 g/mol. The molecule has 0 radical (unpaired) electrons. The quantitative estimate of drug-likeness (QED) is 0.748. The average Bonchev–Trinajstić information content (AvgIpc) is 3.15. The Morgan fingerprint density at radius 1 is 1.26 bits per heavy atom. The van der Waals surface area contributed by atoms with Gasteiger partial charge in [-0.05, 0) is 53.0 Å². The minimum Gasteiger partial charge on any atom is -0.489 e. The van der Waals surface area contributed by atoms with Crippen molar-refractivity contribution < 1.29 is 19.1 Å². The SMILES string of the molecule is CO[C@@H]1C[C@H]2[C@@H]3OC4=C(C=C3C=C[C@]2(C)[C@H]1C1C=Cc2ccncc2C1)C(=O)CC(C(N)=O)C4. The van der Waals surface area contributed by atoms with E-state index in [-0.39, 0.29) is 41.7 Å². The highest BCUT2D eigenvalue weighted by Crippen LogP contribution is 2.59. The number of hydrogen-bond acceptors (Lipinski definition) is 5. The summed E-state index contributed by atoms with van der Waals surface area (Å²) in [5.41, 5.74) is 9.57. The van der Waals surface area contributed by atoms with Gasteiger partial charge in [0.15, 0.2) is 5.78 Å². The van der Waals surface area contributed by atoms with Crippen LogP contribution >= 0.6 is 0 Å². The lowest BCUT2D eigenvalue weighted by molar-refractivity contribution is -0.127. The second-order valence-corrected chi connectivity index (χ2v) is 10.6. The first-order valence-electron chi connectivity index (χ1n) is 12.2. The van der Waals surface area contributed by atoms with E-state index < -0.39 is 11.8 Å². The maximum atomic E-state index is 12.7. The van der Waals surface area contributed by atoms with Crippen molar-refractivity contribution >= 4 is 17.8 Å². The van der Waals surface area contributed by atoms with Gasteiger partial charge in [0.1, 0.15) is 11.9 Å². The van der Waals surface area contributed by atoms with Crippen LogP contribution in [0, 0.1) is 29.1 Å². The molecule has 1 amide bonds. The van der Waals surface area contributed by atoms with Crippen molar-refractivity contribution in [2.45, 2.75) is 44.8 Å². The summed E-state index contributed by atoms with van der Waals surface area (Å²) in [5, 5.41) is 0. The van der Waals surface area contributed by atoms with Gasteiger partial charge in [-0.3, -0.25) is 14.6 Å². The highest BCUT2D eigenvalue weighted by molar-refractivity contribution is 6.02. The Morgan fingerprint density at radius 2 is 2.12 bits per heavy atom. The zero-order chi connectivity index (χ0) is 23.6. The number of ketones is 1. The van der Waals surface area contributed by atoms with Crippen LogP contribution in [0.25, 0.3) is 6.08 Å². The smallest absolute Gasteiger partial charge is 0.221 e. The van der Waals surface area contributed by atoms with E-state index in [1.165, 1.54) is 11.1 Å². The summed E-state index contributed by atoms with van der Waals surface area (Å²) in [6.07, 6.45) is 17.2. The Bertz CT molecular complexity index is 1190. The minimum absolute atomic E-state index is 0.0589. The van der Waals surface area contributed by atoms with Gasteiger partial charge in [0, 0.05) is 44.2 Å². The molecule has 0 bridgehead atoms. The molecule has 0 spiro atoms. The van der Waals surface area contributed by atoms with Crippen LogP contribution in [0.3, 0.4) is 0 Å². The van der Waals surface area contributed by atoms with Gasteiger partial charge < -0.3 is 15.2 Å². The molecule has 4 aliphatic carbocycles. The van der Waals surface area contributed by atoms with Crippen molar-refractivity contribution in [3.8, 4) is 0 Å². The summed E-state index contributed by atoms with van der Waals surface area (Å²) in [5.74, 6) is 0.469. The number of amides is 1. The number of nitrogens with zero attached hydrogens (tertiary/aromatic N) is 1. The zero-order valence-corrected chi connectivity index (χ0v) is 19.6. The molecule has 6 rings (SSSR count). The van der Waals surface area contributed by atoms with Gasteiger partial charge in [-0.15, -0.1) is 0 Å². The lowest BCUT2D eigenvalue weighted by Gasteiger charge is -2.46. The number of carbonyl (C=O) groups is 2. The number of allylic oxidation sites excluding steroid dienone is 5. The van der Waals surface area contributed by atoms with E-state index in [0.29, 0.717) is 23.7 Å². The summed E-state index contributed by atoms with van der Waals surface area (Å²) in [4.78, 5) is 28.9. The standard InChI is InChI=1S/C28H30N2O4/c1-28-7-5-17-10-20-22(31)11-18(27(29)32)12-23(20)34-26(17)21(28)13-24(33-2)25(28)16-4-3-15-6-8-30-14-19(15)9-16/h3-8,10,14,16,18,21,24-26H,9,11-13H2,1-2H3,(H2,29,32)/t16?,18?,21-,24+,25-,26+,28-/m0/s1. The predicted molar refractivity (Wildman–Crippen MR) is 127 cm³/mol. The summed E-state index contributed by atoms with van der Waals surface area (Å²) < 4.78 is 12.6. The zero-order valence-electron chi connectivity index (χ0n) is 19.6. The molecule has 1 aromatic rings. The number of carbonyl (C=O) groups excluding carboxylic acids is 2. The van der Waals surface area contributed by atoms with Gasteiger partial charge in [-0.1, -0.05) is 31.2 Å². The van der Waals surface area contributed by atoms with E-state index in [9.17, 15) is 9.59 Å². The molecule has 5 aliphatic rings. The number of methoxy groups -OCH3 is 1. The van der Waals surface area contributed by atoms with Gasteiger partial charge in [0.05, 0.1) is 17.6 Å². The van der Waals surface area contributed by atoms with Crippen LogP contribution in [0.15, 0.2) is 59.7 Å². The molecule has 0 saturated heterocycles. The Kier molecular flexibility index (Phi) is 4.92. The Balaban J connectivity index is 1.34. The van der Waals surface area contributed by atoms with Gasteiger partial charge >= 0.3 is 0 Å². The molecule has 176 valence electrons. The summed E-state index contributed by atoms with van der Waals surface area (Å²) in [6.45, 7) is 2.33. The summed E-state index contributed by atoms with van der Waals surface area (Å²) in [6, 6.07) is 2.07. The van der Waals surface area contributed by atoms with Gasteiger partial charge in [-0.2, -0.15) is 0 Å². The van der Waals surface area contributed by atoms with Gasteiger partial charge in [-0.25, -0.2) is 0 Å². The monoisotopic (exact) mass is 458 g/mol. The lowest BCUT2D eigenvalue weighted by atomic mass is 9.62. The molecule has 2 heterocycles. The third kappa shape index (κ3) is 3.15. The fourth-order valence-corrected chi connectivity index (χ4v) is 7.10. The van der Waals surface area contributed by atoms with Crippen molar-refractivity contribution in [1.82, 2.24) is 4.98 Å². The van der Waals surface area contributed by atoms with Crippen molar-refractivity contribution in [2.24, 2.45) is 34.8 Å². The number of ether oxygens (including phenoxy) is 2. The maximum absolute atomic E-state index is 12.7. The molecule has 2 N–H and O–H groups in total. The number of rotatable bonds is 3. The molecular weight excluding hydrogens is 428 g/mol. The molecular formula is C28H30N2O4. The van der Waals surface area contributed by atoms with Crippen molar-refractivity contribution in [2.75, 3.05) is 7.11 Å². The molecule has 6 nitrogen and oxygen atoms in total. The van der Waals surface area contributed by atoms with E-state index >= 15 is 0 Å². The van der Waals surface area contributed by atoms with Gasteiger partial charge in [0.2, 0.25) is 5.91 Å². The van der Waals surface area contributed by atoms with Crippen LogP contribution in [0.4, 0.5) is 0 Å². The van der Waals surface area contributed by atoms with E-state index in [4.69, 9.17) is 15.2 Å². The van der Waals surface area contributed by atoms with Crippen LogP contribution in [0.1, 0.15) is 37.3 Å². The number of Topliss-reactive ketones (excluding diaryl/α,β-unsaturated/α-hetero) is 1. The molecule has 34 heavy (non-hydrogen) atoms. The van der Waals surface area contributed by atoms with Gasteiger partial charge in [0.25, 0.3) is 0 Å². The van der Waals surface area contributed by atoms with E-state index in [2.05, 4.69) is 42.3 Å². The molecule has 6 heteroatoms. The highest BCUT2D eigenvalue weighted by atomic mass is 16.5. The molecule has 1 saturated carbocycles. The van der Waals surface area contributed by atoms with Crippen LogP contribution in [0.5, 0.6) is 0 Å². The molecule has 1 aromatic heterocycles. The number of pyridine rings is 1. The number of primary amides is 1. The first kappa shape index (κ1) is 21.5. The fraction of sp³-hybridized carbons (Fsp3) is 0.464. The largest absolute Gasteiger partial charge is 0.489 e. The normalized spacial score (nSPS) is 37.8. The van der Waals surface area contributed by atoms with Crippen molar-refractivity contribution in [1.29, 1.82) is 0 Å². The van der Waals surface area contributed by atoms with E-state index in [0.717, 1.165) is 18.4 Å². The van der Waals surface area contributed by atoms with Crippen molar-refractivity contribution in [3.05, 3.63) is 70.8 Å². The van der Waals surface area contributed by atoms with Crippen LogP contribution < -0.4 is 5.73 Å². The Hall–Kier alpha value is -2.99. The highest BCUT2D eigenvalue weighted by Gasteiger charge is 2.58. The van der Waals surface area contributed by atoms with Crippen LogP contribution in [0.2, 0.25) is 0 Å². The van der Waals surface area contributed by atoms with E-state index in [1.54, 1.807) is 7.11 Å². The topological polar surface area (TPSA) is 91.5 Å². The first-order chi connectivity index (χ1) is 16.4. The second kappa shape index (κ2) is 7.77. The number of aromatic nitrogens is 1. The molecule has 1 aliphatic heterocycles. The summed E-state index contributed by atoms with van der Waals surface area (Å²) in [7, 11) is 1.81. The number of hydrogen-bond donors (Lipinski definition) is 1. The number of fused-ring (bicyclic) bond motifs is 4. The number of nitrogens with two attached hydrogens (primary N) is 1. The Labute approximate surface area is 199 Å². The fourth-order valence-electron chi connectivity index (χ4n) is 7.10. The minimum atomic E-state index is -0.490. The molecule has 0 aromatic carbocycles. The lowest BCUT2D eigenvalue weighted by Crippen LogP contribution is -2.44. The summed E-state index contributed by atoms with van der Waals surface area (Å²) >= 11 is 0.